The Kier molecular flexibility index (Phi) is 11.7. The van der Waals surface area contributed by atoms with E-state index in [1.54, 1.807) is 50.1 Å². The van der Waals surface area contributed by atoms with Crippen molar-refractivity contribution < 1.29 is 55.6 Å². The van der Waals surface area contributed by atoms with Gasteiger partial charge in [0.25, 0.3) is 18.6 Å². The van der Waals surface area contributed by atoms with Gasteiger partial charge in [-0.3, -0.25) is 4.98 Å². The molecule has 1 radical (unpaired) electrons. The second kappa shape index (κ2) is 15.6. The van der Waals surface area contributed by atoms with Gasteiger partial charge >= 0.3 is 19.5 Å². The topological polar surface area (TPSA) is 116 Å². The molecule has 1 aromatic carbocycles. The van der Waals surface area contributed by atoms with E-state index in [4.69, 9.17) is 23.6 Å². The summed E-state index contributed by atoms with van der Waals surface area (Å²) in [4.78, 5) is 22.7. The van der Waals surface area contributed by atoms with Gasteiger partial charge in [0, 0.05) is 48.8 Å². The van der Waals surface area contributed by atoms with E-state index < -0.39 is 47.0 Å². The molecule has 4 heterocycles. The molecule has 0 aliphatic carbocycles. The number of nitrogens with zero attached hydrogens (tertiary/aromatic N) is 4. The fraction of sp³-hybridized carbons (Fsp3) is 0.474. The van der Waals surface area contributed by atoms with E-state index >= 15 is 0 Å². The molecule has 289 valence electrons. The molecule has 1 saturated heterocycles. The van der Waals surface area contributed by atoms with Crippen LogP contribution in [0.25, 0.3) is 22.0 Å². The monoisotopic (exact) mass is 756 g/mol. The molecule has 0 saturated carbocycles. The van der Waals surface area contributed by atoms with E-state index in [1.807, 2.05) is 6.92 Å². The number of halogens is 4. The zero-order valence-corrected chi connectivity index (χ0v) is 31.7. The lowest BCUT2D eigenvalue weighted by atomic mass is 9.84. The first-order valence-corrected chi connectivity index (χ1v) is 17.3. The number of ether oxygens (including phenoxy) is 4. The molecule has 0 spiro atoms. The number of benzene rings is 1. The third kappa shape index (κ3) is 8.34. The van der Waals surface area contributed by atoms with E-state index in [1.165, 1.54) is 58.0 Å². The number of aliphatic hydroxyl groups is 1. The van der Waals surface area contributed by atoms with Crippen LogP contribution in [0.3, 0.4) is 0 Å². The smallest absolute Gasteiger partial charge is 0.410 e. The van der Waals surface area contributed by atoms with Gasteiger partial charge in [0.1, 0.15) is 28.6 Å². The summed E-state index contributed by atoms with van der Waals surface area (Å²) < 4.78 is 86.4. The highest BCUT2D eigenvalue weighted by atomic mass is 19.3. The lowest BCUT2D eigenvalue weighted by Gasteiger charge is -2.36. The van der Waals surface area contributed by atoms with Crippen molar-refractivity contribution in [1.29, 1.82) is 0 Å². The number of methoxy groups -OCH3 is 2. The molecule has 16 heteroatoms. The van der Waals surface area contributed by atoms with Gasteiger partial charge in [-0.05, 0) is 82.9 Å². The molecule has 1 N–H and O–H groups in total. The van der Waals surface area contributed by atoms with E-state index in [2.05, 4.69) is 9.97 Å². The average molecular weight is 757 g/mol. The molecule has 1 amide bonds. The highest BCUT2D eigenvalue weighted by molar-refractivity contribution is 6.47. The minimum atomic E-state index is -3.01. The quantitative estimate of drug-likeness (QED) is 0.0973. The van der Waals surface area contributed by atoms with Crippen LogP contribution in [0, 0.1) is 6.92 Å². The van der Waals surface area contributed by atoms with E-state index in [9.17, 15) is 27.5 Å². The van der Waals surface area contributed by atoms with Crippen molar-refractivity contribution in [3.63, 3.8) is 0 Å². The number of aryl methyl sites for hydroxylation is 1. The summed E-state index contributed by atoms with van der Waals surface area (Å²) in [6, 6.07) is 7.67. The largest absolute Gasteiger partial charge is 0.488 e. The number of amides is 1. The summed E-state index contributed by atoms with van der Waals surface area (Å²) >= 11 is 0. The van der Waals surface area contributed by atoms with Crippen LogP contribution in [0.4, 0.5) is 22.4 Å². The van der Waals surface area contributed by atoms with Crippen LogP contribution in [0.15, 0.2) is 48.9 Å². The maximum atomic E-state index is 14.8. The SMILES string of the molecule is COc1ncc([B]OC(C)(C)C(C)(O)[n+]2cc(-c3ccnc4ccc(OC5CCN(C(=O)OC(C)(C)C)C5)c(C)c34)cc(C(F)F)c2OC)cc1C(F)F. The van der Waals surface area contributed by atoms with Gasteiger partial charge in [-0.2, -0.15) is 0 Å². The molecular formula is C38H45BF4N4O7+. The molecule has 54 heavy (non-hydrogen) atoms. The zero-order chi connectivity index (χ0) is 39.7. The van der Waals surface area contributed by atoms with Crippen LogP contribution in [-0.2, 0) is 15.1 Å². The second-order valence-electron chi connectivity index (χ2n) is 14.7. The Bertz CT molecular complexity index is 2010. The van der Waals surface area contributed by atoms with Gasteiger partial charge in [-0.15, -0.1) is 4.57 Å². The number of hydrogen-bond donors (Lipinski definition) is 1. The molecule has 11 nitrogen and oxygen atoms in total. The van der Waals surface area contributed by atoms with E-state index in [0.29, 0.717) is 52.9 Å². The van der Waals surface area contributed by atoms with Crippen LogP contribution in [0.5, 0.6) is 17.5 Å². The molecule has 3 aromatic heterocycles. The Morgan fingerprint density at radius 3 is 2.33 bits per heavy atom. The molecular weight excluding hydrogens is 711 g/mol. The minimum Gasteiger partial charge on any atom is -0.488 e. The Balaban J connectivity index is 1.52. The summed E-state index contributed by atoms with van der Waals surface area (Å²) in [5.74, 6) is -0.0364. The lowest BCUT2D eigenvalue weighted by Crippen LogP contribution is -2.67. The van der Waals surface area contributed by atoms with E-state index in [0.717, 1.165) is 13.5 Å². The van der Waals surface area contributed by atoms with Crippen molar-refractivity contribution in [3.8, 4) is 28.6 Å². The molecule has 5 rings (SSSR count). The molecule has 2 atom stereocenters. The van der Waals surface area contributed by atoms with Gasteiger partial charge in [-0.1, -0.05) is 0 Å². The van der Waals surface area contributed by atoms with Crippen molar-refractivity contribution in [2.24, 2.45) is 0 Å². The van der Waals surface area contributed by atoms with Crippen molar-refractivity contribution in [3.05, 3.63) is 65.6 Å². The van der Waals surface area contributed by atoms with Crippen LogP contribution >= 0.6 is 0 Å². The average Bonchev–Trinajstić information content (AvgIpc) is 3.59. The van der Waals surface area contributed by atoms with Crippen LogP contribution < -0.4 is 24.2 Å². The maximum Gasteiger partial charge on any atom is 0.410 e. The first kappa shape index (κ1) is 40.5. The number of alkyl halides is 4. The van der Waals surface area contributed by atoms with Crippen molar-refractivity contribution in [2.45, 2.75) is 90.8 Å². The van der Waals surface area contributed by atoms with Gasteiger partial charge in [0.05, 0.1) is 31.8 Å². The van der Waals surface area contributed by atoms with E-state index in [-0.39, 0.29) is 23.3 Å². The number of aromatic nitrogens is 3. The summed E-state index contributed by atoms with van der Waals surface area (Å²) in [6.45, 7) is 12.4. The normalized spacial score (nSPS) is 16.1. The number of likely N-dealkylation sites (tertiary alicyclic amines) is 1. The number of carbonyl (C=O) groups is 1. The summed E-state index contributed by atoms with van der Waals surface area (Å²) in [6.07, 6.45) is -1.74. The van der Waals surface area contributed by atoms with Gasteiger partial charge in [0.2, 0.25) is 5.88 Å². The molecule has 1 aliphatic heterocycles. The number of pyridine rings is 3. The number of carbonyl (C=O) groups excluding carboxylic acids is 1. The number of hydrogen-bond acceptors (Lipinski definition) is 9. The Morgan fingerprint density at radius 1 is 1.00 bits per heavy atom. The van der Waals surface area contributed by atoms with Gasteiger partial charge < -0.3 is 33.6 Å². The fourth-order valence-electron chi connectivity index (χ4n) is 6.21. The minimum absolute atomic E-state index is 0.154. The Labute approximate surface area is 312 Å². The van der Waals surface area contributed by atoms with Crippen LogP contribution in [0.1, 0.15) is 77.5 Å². The zero-order valence-electron chi connectivity index (χ0n) is 31.7. The van der Waals surface area contributed by atoms with Crippen LogP contribution in [-0.4, -0.2) is 78.2 Å². The molecule has 4 aromatic rings. The first-order valence-electron chi connectivity index (χ1n) is 17.3. The van der Waals surface area contributed by atoms with Gasteiger partial charge in [-0.25, -0.2) is 27.3 Å². The maximum absolute atomic E-state index is 14.8. The molecule has 0 bridgehead atoms. The predicted molar refractivity (Wildman–Crippen MR) is 193 cm³/mol. The second-order valence-corrected chi connectivity index (χ2v) is 14.7. The van der Waals surface area contributed by atoms with Crippen LogP contribution in [0.2, 0.25) is 0 Å². The highest BCUT2D eigenvalue weighted by Gasteiger charge is 2.52. The Morgan fingerprint density at radius 2 is 1.70 bits per heavy atom. The third-order valence-electron chi connectivity index (χ3n) is 9.42. The highest BCUT2D eigenvalue weighted by Crippen LogP contribution is 2.39. The van der Waals surface area contributed by atoms with Crippen molar-refractivity contribution in [1.82, 2.24) is 14.9 Å². The third-order valence-corrected chi connectivity index (χ3v) is 9.42. The Hall–Kier alpha value is -4.70. The number of fused-ring (bicyclic) bond motifs is 1. The molecule has 1 aliphatic rings. The fourth-order valence-corrected chi connectivity index (χ4v) is 6.21. The molecule has 1 fully saturated rings. The number of rotatable bonds is 12. The predicted octanol–water partition coefficient (Wildman–Crippen LogP) is 6.58. The van der Waals surface area contributed by atoms with Crippen molar-refractivity contribution in [2.75, 3.05) is 27.3 Å². The first-order chi connectivity index (χ1) is 25.3. The summed E-state index contributed by atoms with van der Waals surface area (Å²) in [5, 5.41) is 12.8. The lowest BCUT2D eigenvalue weighted by molar-refractivity contribution is -0.820. The summed E-state index contributed by atoms with van der Waals surface area (Å²) in [7, 11) is 3.59. The molecule has 2 unspecified atom stereocenters. The summed E-state index contributed by atoms with van der Waals surface area (Å²) in [5.41, 5.74) is -3.03. The van der Waals surface area contributed by atoms with Crippen molar-refractivity contribution >= 4 is 29.9 Å². The van der Waals surface area contributed by atoms with Gasteiger partial charge in [0.15, 0.2) is 6.20 Å². The standard InChI is InChI=1S/C38H45BF4N4O7/c1-21-29(52-24-13-15-46(20-24)35(48)53-36(2,3)4)11-10-28-30(21)25(12-14-44-28)22-16-27(32(42)43)34(51-9)47(19-22)38(7,49)37(5,6)54-39-23-17-26(31(40)41)33(50-8)45-18-23/h10-12,14,16-19,24,31-32,49H,13,15,20H2,1-9H3/q+1.